The fraction of sp³-hybridized carbons (Fsp3) is 0.0769. The van der Waals surface area contributed by atoms with Crippen molar-refractivity contribution in [3.05, 3.63) is 52.4 Å². The van der Waals surface area contributed by atoms with Gasteiger partial charge in [-0.25, -0.2) is 9.37 Å². The van der Waals surface area contributed by atoms with Gasteiger partial charge in [0.05, 0.1) is 16.7 Å². The molecule has 90 valence electrons. The maximum absolute atomic E-state index is 13.6. The van der Waals surface area contributed by atoms with E-state index in [4.69, 9.17) is 21.6 Å². The second kappa shape index (κ2) is 5.03. The summed E-state index contributed by atoms with van der Waals surface area (Å²) in [4.78, 5) is 4.06. The first-order chi connectivity index (χ1) is 8.60. The predicted molar refractivity (Wildman–Crippen MR) is 65.2 cm³/mol. The third kappa shape index (κ3) is 2.58. The highest BCUT2D eigenvalue weighted by Gasteiger charge is 2.10. The van der Waals surface area contributed by atoms with Gasteiger partial charge in [-0.05, 0) is 25.1 Å². The zero-order chi connectivity index (χ0) is 13.1. The average molecular weight is 263 g/mol. The lowest BCUT2D eigenvalue weighted by Gasteiger charge is -2.07. The van der Waals surface area contributed by atoms with Gasteiger partial charge >= 0.3 is 0 Å². The van der Waals surface area contributed by atoms with E-state index in [0.29, 0.717) is 11.3 Å². The highest BCUT2D eigenvalue weighted by Crippen LogP contribution is 2.28. The van der Waals surface area contributed by atoms with Crippen LogP contribution in [0.15, 0.2) is 30.3 Å². The van der Waals surface area contributed by atoms with E-state index in [1.807, 2.05) is 6.07 Å². The molecule has 1 aromatic heterocycles. The van der Waals surface area contributed by atoms with Crippen molar-refractivity contribution >= 4 is 11.6 Å². The van der Waals surface area contributed by atoms with Crippen LogP contribution in [0, 0.1) is 24.1 Å². The normalized spacial score (nSPS) is 9.89. The van der Waals surface area contributed by atoms with E-state index in [1.165, 1.54) is 18.2 Å². The number of ether oxygens (including phenoxy) is 1. The van der Waals surface area contributed by atoms with Gasteiger partial charge in [0.1, 0.15) is 0 Å². The summed E-state index contributed by atoms with van der Waals surface area (Å²) in [6.07, 6.45) is 0. The molecule has 0 aliphatic heterocycles. The van der Waals surface area contributed by atoms with Gasteiger partial charge in [-0.1, -0.05) is 17.7 Å². The van der Waals surface area contributed by atoms with Crippen LogP contribution in [0.25, 0.3) is 0 Å². The Labute approximate surface area is 108 Å². The van der Waals surface area contributed by atoms with Crippen LogP contribution >= 0.6 is 11.6 Å². The number of pyridine rings is 1. The SMILES string of the molecule is Cc1cc(C#N)cc(Oc2cccc(Cl)c2F)n1. The lowest BCUT2D eigenvalue weighted by atomic mass is 10.2. The molecule has 0 spiro atoms. The highest BCUT2D eigenvalue weighted by molar-refractivity contribution is 6.30. The molecule has 0 radical (unpaired) electrons. The molecular formula is C13H8ClFN2O. The average Bonchev–Trinajstić information content (AvgIpc) is 2.34. The summed E-state index contributed by atoms with van der Waals surface area (Å²) >= 11 is 5.64. The quantitative estimate of drug-likeness (QED) is 0.826. The van der Waals surface area contributed by atoms with Crippen molar-refractivity contribution in [1.29, 1.82) is 5.26 Å². The Balaban J connectivity index is 2.37. The third-order valence-electron chi connectivity index (χ3n) is 2.19. The van der Waals surface area contributed by atoms with Gasteiger partial charge in [0.25, 0.3) is 0 Å². The van der Waals surface area contributed by atoms with E-state index in [0.717, 1.165) is 0 Å². The van der Waals surface area contributed by atoms with E-state index in [-0.39, 0.29) is 16.7 Å². The molecule has 0 saturated heterocycles. The topological polar surface area (TPSA) is 45.9 Å². The minimum Gasteiger partial charge on any atom is -0.436 e. The Morgan fingerprint density at radius 2 is 2.17 bits per heavy atom. The number of hydrogen-bond donors (Lipinski definition) is 0. The van der Waals surface area contributed by atoms with Crippen LogP contribution in [0.1, 0.15) is 11.3 Å². The van der Waals surface area contributed by atoms with Crippen LogP contribution < -0.4 is 4.74 Å². The third-order valence-corrected chi connectivity index (χ3v) is 2.48. The van der Waals surface area contributed by atoms with Crippen molar-refractivity contribution in [2.75, 3.05) is 0 Å². The Kier molecular flexibility index (Phi) is 3.45. The molecule has 1 heterocycles. The summed E-state index contributed by atoms with van der Waals surface area (Å²) in [5.74, 6) is -0.516. The fourth-order valence-electron chi connectivity index (χ4n) is 1.43. The summed E-state index contributed by atoms with van der Waals surface area (Å²) in [5, 5.41) is 8.80. The molecule has 0 atom stereocenters. The number of halogens is 2. The Morgan fingerprint density at radius 3 is 2.89 bits per heavy atom. The van der Waals surface area contributed by atoms with Crippen LogP contribution in [0.3, 0.4) is 0 Å². The molecule has 2 aromatic rings. The molecule has 0 fully saturated rings. The Hall–Kier alpha value is -2.12. The van der Waals surface area contributed by atoms with Crippen molar-refractivity contribution in [2.45, 2.75) is 6.92 Å². The molecule has 1 aromatic carbocycles. The van der Waals surface area contributed by atoms with E-state index in [1.54, 1.807) is 19.1 Å². The van der Waals surface area contributed by atoms with Crippen molar-refractivity contribution in [3.63, 3.8) is 0 Å². The van der Waals surface area contributed by atoms with Crippen LogP contribution in [-0.4, -0.2) is 4.98 Å². The summed E-state index contributed by atoms with van der Waals surface area (Å²) in [7, 11) is 0. The molecule has 0 aliphatic rings. The maximum atomic E-state index is 13.6. The molecule has 3 nitrogen and oxygen atoms in total. The van der Waals surface area contributed by atoms with Gasteiger partial charge in [-0.3, -0.25) is 0 Å². The number of aryl methyl sites for hydroxylation is 1. The lowest BCUT2D eigenvalue weighted by Crippen LogP contribution is -1.94. The molecule has 2 rings (SSSR count). The molecule has 0 bridgehead atoms. The van der Waals surface area contributed by atoms with Gasteiger partial charge in [-0.2, -0.15) is 5.26 Å². The monoisotopic (exact) mass is 262 g/mol. The van der Waals surface area contributed by atoms with E-state index >= 15 is 0 Å². The molecule has 5 heteroatoms. The van der Waals surface area contributed by atoms with Crippen LogP contribution in [-0.2, 0) is 0 Å². The number of benzene rings is 1. The van der Waals surface area contributed by atoms with E-state index in [2.05, 4.69) is 4.98 Å². The molecule has 18 heavy (non-hydrogen) atoms. The standard InChI is InChI=1S/C13H8ClFN2O/c1-8-5-9(7-16)6-12(17-8)18-11-4-2-3-10(14)13(11)15/h2-6H,1H3. The number of aromatic nitrogens is 1. The summed E-state index contributed by atoms with van der Waals surface area (Å²) in [5.41, 5.74) is 1.02. The second-order valence-corrected chi connectivity index (χ2v) is 4.01. The zero-order valence-electron chi connectivity index (χ0n) is 9.45. The summed E-state index contributed by atoms with van der Waals surface area (Å²) in [6, 6.07) is 9.47. The largest absolute Gasteiger partial charge is 0.436 e. The maximum Gasteiger partial charge on any atom is 0.220 e. The van der Waals surface area contributed by atoms with Gasteiger partial charge in [0.15, 0.2) is 11.6 Å². The highest BCUT2D eigenvalue weighted by atomic mass is 35.5. The van der Waals surface area contributed by atoms with Crippen LogP contribution in [0.5, 0.6) is 11.6 Å². The summed E-state index contributed by atoms with van der Waals surface area (Å²) < 4.78 is 18.9. The van der Waals surface area contributed by atoms with Gasteiger partial charge in [0, 0.05) is 11.8 Å². The second-order valence-electron chi connectivity index (χ2n) is 3.60. The molecule has 0 saturated carbocycles. The van der Waals surface area contributed by atoms with Gasteiger partial charge in [0.2, 0.25) is 5.88 Å². The Morgan fingerprint density at radius 1 is 1.39 bits per heavy atom. The first-order valence-corrected chi connectivity index (χ1v) is 5.48. The molecular weight excluding hydrogens is 255 g/mol. The van der Waals surface area contributed by atoms with Crippen molar-refractivity contribution in [2.24, 2.45) is 0 Å². The number of rotatable bonds is 2. The fourth-order valence-corrected chi connectivity index (χ4v) is 1.60. The smallest absolute Gasteiger partial charge is 0.220 e. The van der Waals surface area contributed by atoms with Gasteiger partial charge < -0.3 is 4.74 Å². The first-order valence-electron chi connectivity index (χ1n) is 5.11. The van der Waals surface area contributed by atoms with Crippen molar-refractivity contribution < 1.29 is 9.13 Å². The van der Waals surface area contributed by atoms with Crippen LogP contribution in [0.4, 0.5) is 4.39 Å². The number of hydrogen-bond acceptors (Lipinski definition) is 3. The molecule has 0 amide bonds. The van der Waals surface area contributed by atoms with Crippen LogP contribution in [0.2, 0.25) is 5.02 Å². The zero-order valence-corrected chi connectivity index (χ0v) is 10.2. The molecule has 0 unspecified atom stereocenters. The van der Waals surface area contributed by atoms with E-state index in [9.17, 15) is 4.39 Å². The predicted octanol–water partition coefficient (Wildman–Crippen LogP) is 3.85. The number of nitriles is 1. The minimum atomic E-state index is -0.652. The first kappa shape index (κ1) is 12.3. The minimum absolute atomic E-state index is 0.0236. The lowest BCUT2D eigenvalue weighted by molar-refractivity contribution is 0.426. The van der Waals surface area contributed by atoms with Crippen molar-refractivity contribution in [1.82, 2.24) is 4.98 Å². The molecule has 0 aliphatic carbocycles. The van der Waals surface area contributed by atoms with Gasteiger partial charge in [-0.15, -0.1) is 0 Å². The van der Waals surface area contributed by atoms with E-state index < -0.39 is 5.82 Å². The van der Waals surface area contributed by atoms with Crippen molar-refractivity contribution in [3.8, 4) is 17.7 Å². The Bertz CT molecular complexity index is 637. The molecule has 0 N–H and O–H groups in total. The summed E-state index contributed by atoms with van der Waals surface area (Å²) in [6.45, 7) is 1.72. The number of nitrogens with zero attached hydrogens (tertiary/aromatic N) is 2.